The molecule has 3 rings (SSSR count). The summed E-state index contributed by atoms with van der Waals surface area (Å²) < 4.78 is 5.41. The van der Waals surface area contributed by atoms with Crippen LogP contribution in [0.1, 0.15) is 41.9 Å². The van der Waals surface area contributed by atoms with Gasteiger partial charge in [-0.05, 0) is 31.9 Å². The number of thiazole rings is 1. The van der Waals surface area contributed by atoms with E-state index >= 15 is 0 Å². The fraction of sp³-hybridized carbons (Fsp3) is 0.333. The second-order valence-electron chi connectivity index (χ2n) is 8.04. The van der Waals surface area contributed by atoms with E-state index in [-0.39, 0.29) is 40.7 Å². The van der Waals surface area contributed by atoms with Crippen molar-refractivity contribution < 1.29 is 43.6 Å². The van der Waals surface area contributed by atoms with E-state index in [9.17, 15) is 29.3 Å². The monoisotopic (exact) mass is 550 g/mol. The highest BCUT2D eigenvalue weighted by molar-refractivity contribution is 7.13. The van der Waals surface area contributed by atoms with Crippen LogP contribution in [0, 0.1) is 0 Å². The van der Waals surface area contributed by atoms with Gasteiger partial charge in [0.15, 0.2) is 22.7 Å². The lowest BCUT2D eigenvalue weighted by molar-refractivity contribution is -0.129. The topological polar surface area (TPSA) is 266 Å². The maximum Gasteiger partial charge on any atom is 0.526 e. The molecule has 1 aromatic heterocycles. The Morgan fingerprint density at radius 2 is 1.89 bits per heavy atom. The summed E-state index contributed by atoms with van der Waals surface area (Å²) in [6.07, 6.45) is -1.76. The van der Waals surface area contributed by atoms with Gasteiger partial charge in [-0.3, -0.25) is 19.2 Å². The summed E-state index contributed by atoms with van der Waals surface area (Å²) >= 11 is 1.09. The first-order valence-corrected chi connectivity index (χ1v) is 11.9. The van der Waals surface area contributed by atoms with E-state index in [0.29, 0.717) is 5.56 Å². The molecule has 1 aromatic carbocycles. The molecule has 38 heavy (non-hydrogen) atoms. The number of oxime groups is 1. The molecule has 0 fully saturated rings. The number of benzene rings is 1. The molecule has 17 heteroatoms. The molecule has 0 bridgehead atoms. The predicted octanol–water partition coefficient (Wildman–Crippen LogP) is -0.786. The third-order valence-electron chi connectivity index (χ3n) is 5.23. The number of carboxylic acids is 1. The van der Waals surface area contributed by atoms with Gasteiger partial charge in [-0.2, -0.15) is 0 Å². The van der Waals surface area contributed by atoms with Crippen LogP contribution in [-0.2, 0) is 30.5 Å². The highest BCUT2D eigenvalue weighted by Crippen LogP contribution is 2.36. The van der Waals surface area contributed by atoms with Crippen LogP contribution in [-0.4, -0.2) is 63.7 Å². The lowest BCUT2D eigenvalue weighted by Crippen LogP contribution is -2.37. The zero-order valence-corrected chi connectivity index (χ0v) is 21.2. The largest absolute Gasteiger partial charge is 0.535 e. The van der Waals surface area contributed by atoms with E-state index in [2.05, 4.69) is 20.9 Å². The van der Waals surface area contributed by atoms with E-state index in [1.165, 1.54) is 25.3 Å². The van der Waals surface area contributed by atoms with Crippen molar-refractivity contribution in [2.24, 2.45) is 22.5 Å². The zero-order valence-electron chi connectivity index (χ0n) is 20.4. The first-order valence-electron chi connectivity index (χ1n) is 11.0. The minimum atomic E-state index is -1.41. The van der Waals surface area contributed by atoms with Crippen LogP contribution in [0.15, 0.2) is 28.7 Å². The van der Waals surface area contributed by atoms with Crippen LogP contribution < -0.4 is 27.8 Å². The third kappa shape index (κ3) is 7.97. The average molecular weight is 550 g/mol. The van der Waals surface area contributed by atoms with Crippen LogP contribution in [0.2, 0.25) is 5.82 Å². The molecular formula is C21H27BN6O9S. The van der Waals surface area contributed by atoms with Crippen molar-refractivity contribution in [3.63, 3.8) is 0 Å². The first kappa shape index (κ1) is 30.2. The lowest BCUT2D eigenvalue weighted by Gasteiger charge is -2.28. The first-order chi connectivity index (χ1) is 17.8. The quantitative estimate of drug-likeness (QED) is 0.121. The Balaban J connectivity index is 0.000000638. The van der Waals surface area contributed by atoms with Crippen LogP contribution in [0.5, 0.6) is 5.75 Å². The molecule has 2 heterocycles. The van der Waals surface area contributed by atoms with Crippen molar-refractivity contribution in [3.8, 4) is 5.75 Å². The normalized spacial score (nSPS) is 16.2. The second-order valence-corrected chi connectivity index (χ2v) is 8.93. The number of amides is 2. The molecule has 0 spiro atoms. The molecule has 0 saturated carbocycles. The van der Waals surface area contributed by atoms with Gasteiger partial charge in [0.2, 0.25) is 12.0 Å². The van der Waals surface area contributed by atoms with Gasteiger partial charge < -0.3 is 36.8 Å². The zero-order chi connectivity index (χ0) is 28.6. The maximum atomic E-state index is 13.0. The molecule has 2 aromatic rings. The van der Waals surface area contributed by atoms with Gasteiger partial charge in [0, 0.05) is 17.6 Å². The SMILES string of the molecule is CC(O/N=C(\C(=O)C[C@H]1Cc2cccc(C(=O)O)c2OB1O)c1csc(N)n1)C(N)=O.CC(ON)C(N)=O. The van der Waals surface area contributed by atoms with Crippen LogP contribution in [0.3, 0.4) is 0 Å². The molecule has 0 aliphatic carbocycles. The van der Waals surface area contributed by atoms with Crippen molar-refractivity contribution in [2.45, 2.75) is 44.7 Å². The minimum absolute atomic E-state index is 0.0737. The Morgan fingerprint density at radius 3 is 2.39 bits per heavy atom. The number of hydrogen-bond acceptors (Lipinski definition) is 13. The van der Waals surface area contributed by atoms with Gasteiger partial charge in [-0.1, -0.05) is 17.3 Å². The van der Waals surface area contributed by atoms with Crippen molar-refractivity contribution in [1.82, 2.24) is 4.98 Å². The number of primary amides is 2. The summed E-state index contributed by atoms with van der Waals surface area (Å²) in [6, 6.07) is 4.60. The van der Waals surface area contributed by atoms with Crippen LogP contribution in [0.25, 0.3) is 0 Å². The average Bonchev–Trinajstić information content (AvgIpc) is 3.29. The van der Waals surface area contributed by atoms with Gasteiger partial charge in [0.05, 0.1) is 5.56 Å². The van der Waals surface area contributed by atoms with Gasteiger partial charge in [0.25, 0.3) is 5.91 Å². The van der Waals surface area contributed by atoms with Gasteiger partial charge in [-0.25, -0.2) is 15.7 Å². The number of rotatable bonds is 10. The summed E-state index contributed by atoms with van der Waals surface area (Å²) in [5.74, 6) is 0.924. The Bertz CT molecular complexity index is 1220. The van der Waals surface area contributed by atoms with Crippen molar-refractivity contribution in [3.05, 3.63) is 40.4 Å². The number of aromatic nitrogens is 1. The number of nitrogens with two attached hydrogens (primary N) is 4. The summed E-state index contributed by atoms with van der Waals surface area (Å²) in [5, 5.41) is 25.1. The van der Waals surface area contributed by atoms with Crippen molar-refractivity contribution in [2.75, 3.05) is 5.73 Å². The lowest BCUT2D eigenvalue weighted by atomic mass is 9.64. The third-order valence-corrected chi connectivity index (χ3v) is 5.91. The minimum Gasteiger partial charge on any atom is -0.535 e. The van der Waals surface area contributed by atoms with Gasteiger partial charge in [-0.15, -0.1) is 11.3 Å². The Morgan fingerprint density at radius 1 is 1.24 bits per heavy atom. The van der Waals surface area contributed by atoms with E-state index in [0.717, 1.165) is 11.3 Å². The van der Waals surface area contributed by atoms with Crippen LogP contribution in [0.4, 0.5) is 5.13 Å². The number of anilines is 1. The molecule has 1 aliphatic heterocycles. The standard InChI is InChI=1S/C18H19BN4O7S.C3H8N2O2/c1-8(16(20)25)30-23-14(12-7-31-18(21)22-12)13(24)6-10-5-9-3-2-4-11(17(26)27)15(9)29-19(10)28;1-2(7-5)3(4)6/h2-4,7-8,10,28H,5-6H2,1H3,(H2,20,25)(H2,21,22)(H,26,27);2H,5H2,1H3,(H2,4,6)/b23-14-;/t8?,10-;/m1./s1. The molecule has 2 unspecified atom stereocenters. The fourth-order valence-corrected chi connectivity index (χ4v) is 3.60. The van der Waals surface area contributed by atoms with E-state index in [4.69, 9.17) is 26.7 Å². The number of para-hydroxylation sites is 1. The van der Waals surface area contributed by atoms with E-state index < -0.39 is 48.7 Å². The Kier molecular flexibility index (Phi) is 10.7. The Hall–Kier alpha value is -4.06. The highest BCUT2D eigenvalue weighted by atomic mass is 32.1. The Labute approximate surface area is 220 Å². The fourth-order valence-electron chi connectivity index (χ4n) is 3.05. The van der Waals surface area contributed by atoms with Crippen molar-refractivity contribution in [1.29, 1.82) is 0 Å². The molecule has 2 amide bonds. The predicted molar refractivity (Wildman–Crippen MR) is 136 cm³/mol. The molecule has 15 nitrogen and oxygen atoms in total. The summed E-state index contributed by atoms with van der Waals surface area (Å²) in [5.41, 5.74) is 15.9. The molecule has 0 saturated heterocycles. The van der Waals surface area contributed by atoms with E-state index in [1.54, 1.807) is 12.1 Å². The highest BCUT2D eigenvalue weighted by Gasteiger charge is 2.39. The number of Topliss-reactive ketones (excluding diaryl/α,β-unsaturated/α-hetero) is 1. The molecule has 3 atom stereocenters. The number of aromatic carboxylic acids is 1. The molecule has 204 valence electrons. The smallest absolute Gasteiger partial charge is 0.526 e. The number of fused-ring (bicyclic) bond motifs is 1. The molecule has 10 N–H and O–H groups in total. The maximum absolute atomic E-state index is 13.0. The number of nitrogens with zero attached hydrogens (tertiary/aromatic N) is 2. The summed E-state index contributed by atoms with van der Waals surface area (Å²) in [4.78, 5) is 58.6. The molecular weight excluding hydrogens is 523 g/mol. The van der Waals surface area contributed by atoms with E-state index in [1.807, 2.05) is 0 Å². The number of carbonyl (C=O) groups excluding carboxylic acids is 3. The number of carbonyl (C=O) groups is 4. The van der Waals surface area contributed by atoms with Crippen molar-refractivity contribution >= 4 is 52.9 Å². The summed E-state index contributed by atoms with van der Waals surface area (Å²) in [7, 11) is -1.41. The second kappa shape index (κ2) is 13.5. The number of ketones is 1. The summed E-state index contributed by atoms with van der Waals surface area (Å²) in [6.45, 7) is 2.85. The van der Waals surface area contributed by atoms with Crippen LogP contribution >= 0.6 is 11.3 Å². The van der Waals surface area contributed by atoms with Gasteiger partial charge in [0.1, 0.15) is 11.4 Å². The number of hydrogen-bond donors (Lipinski definition) is 6. The molecule has 0 radical (unpaired) electrons. The number of carboxylic acid groups (broad SMARTS) is 1. The molecule has 1 aliphatic rings. The number of nitrogen functional groups attached to an aromatic ring is 1. The van der Waals surface area contributed by atoms with Gasteiger partial charge >= 0.3 is 13.1 Å².